The summed E-state index contributed by atoms with van der Waals surface area (Å²) in [5, 5.41) is 7.85. The molecule has 50 heavy (non-hydrogen) atoms. The van der Waals surface area contributed by atoms with E-state index in [1.165, 1.54) is 24.3 Å². The second-order valence-electron chi connectivity index (χ2n) is 14.1. The average molecular weight is 716 g/mol. The third-order valence-corrected chi connectivity index (χ3v) is 11.6. The number of hydrogen-bond donors (Lipinski definition) is 3. The van der Waals surface area contributed by atoms with E-state index < -0.39 is 0 Å². The van der Waals surface area contributed by atoms with Gasteiger partial charge in [-0.1, -0.05) is 54.2 Å². The van der Waals surface area contributed by atoms with Gasteiger partial charge >= 0.3 is 0 Å². The summed E-state index contributed by atoms with van der Waals surface area (Å²) >= 11 is 12.4. The van der Waals surface area contributed by atoms with Crippen LogP contribution in [-0.2, 0) is 16.1 Å². The number of ether oxygens (including phenoxy) is 1. The molecule has 2 amide bonds. The predicted octanol–water partition coefficient (Wildman–Crippen LogP) is 6.62. The number of carbonyl (C=O) groups is 2. The Labute approximate surface area is 302 Å². The molecule has 1 spiro atoms. The SMILES string of the molecule is NC(=S)c1cccc(-c2cn(C3CCOCC3)c3c(Cl)c(CNC(=O)C4CC5(CCN(CCNC(=O)c6ccc(F)cc6)CC5)C4)ccc23)c1. The molecular formula is C39H43ClFN5O3S. The zero-order valence-corrected chi connectivity index (χ0v) is 29.6. The van der Waals surface area contributed by atoms with Gasteiger partial charge in [0.1, 0.15) is 10.8 Å². The lowest BCUT2D eigenvalue weighted by Gasteiger charge is -2.51. The number of likely N-dealkylation sites (tertiary alicyclic amines) is 1. The smallest absolute Gasteiger partial charge is 0.251 e. The maximum atomic E-state index is 13.3. The average Bonchev–Trinajstić information content (AvgIpc) is 3.52. The predicted molar refractivity (Wildman–Crippen MR) is 199 cm³/mol. The van der Waals surface area contributed by atoms with Crippen LogP contribution in [0.1, 0.15) is 66.1 Å². The summed E-state index contributed by atoms with van der Waals surface area (Å²) in [6.45, 7) is 5.01. The van der Waals surface area contributed by atoms with Crippen molar-refractivity contribution in [1.82, 2.24) is 20.1 Å². The Bertz CT molecular complexity index is 1890. The van der Waals surface area contributed by atoms with E-state index in [1.807, 2.05) is 24.3 Å². The minimum absolute atomic E-state index is 0.0117. The van der Waals surface area contributed by atoms with Gasteiger partial charge in [-0.15, -0.1) is 0 Å². The number of hydrogen-bond acceptors (Lipinski definition) is 5. The Kier molecular flexibility index (Phi) is 10.2. The molecule has 0 bridgehead atoms. The quantitative estimate of drug-likeness (QED) is 0.160. The summed E-state index contributed by atoms with van der Waals surface area (Å²) in [5.41, 5.74) is 11.4. The molecule has 2 saturated heterocycles. The lowest BCUT2D eigenvalue weighted by Crippen LogP contribution is -2.51. The Balaban J connectivity index is 0.949. The number of nitrogens with two attached hydrogens (primary N) is 1. The lowest BCUT2D eigenvalue weighted by molar-refractivity contribution is -0.135. The van der Waals surface area contributed by atoms with E-state index in [2.05, 4.69) is 38.4 Å². The molecule has 4 aromatic rings. The van der Waals surface area contributed by atoms with Gasteiger partial charge in [-0.3, -0.25) is 9.59 Å². The van der Waals surface area contributed by atoms with Crippen molar-refractivity contribution in [2.75, 3.05) is 39.4 Å². The van der Waals surface area contributed by atoms with Crippen LogP contribution in [0.3, 0.4) is 0 Å². The van der Waals surface area contributed by atoms with E-state index in [9.17, 15) is 14.0 Å². The molecule has 3 aromatic carbocycles. The third kappa shape index (κ3) is 7.30. The van der Waals surface area contributed by atoms with E-state index in [0.717, 1.165) is 91.3 Å². The van der Waals surface area contributed by atoms with E-state index >= 15 is 0 Å². The summed E-state index contributed by atoms with van der Waals surface area (Å²) in [5.74, 6) is -0.444. The normalized spacial score (nSPS) is 18.2. The maximum absolute atomic E-state index is 13.3. The topological polar surface area (TPSA) is 102 Å². The van der Waals surface area contributed by atoms with Gasteiger partial charge in [0.15, 0.2) is 0 Å². The van der Waals surface area contributed by atoms with Crippen molar-refractivity contribution >= 4 is 51.5 Å². The van der Waals surface area contributed by atoms with Crippen molar-refractivity contribution in [3.8, 4) is 11.1 Å². The van der Waals surface area contributed by atoms with Gasteiger partial charge in [0.25, 0.3) is 5.91 Å². The number of nitrogens with zero attached hydrogens (tertiary/aromatic N) is 2. The number of rotatable bonds is 10. The maximum Gasteiger partial charge on any atom is 0.251 e. The number of thiocarbonyl (C=S) groups is 1. The highest BCUT2D eigenvalue weighted by Gasteiger charge is 2.48. The molecule has 3 fully saturated rings. The first-order chi connectivity index (χ1) is 24.2. The highest BCUT2D eigenvalue weighted by molar-refractivity contribution is 7.80. The number of amides is 2. The first kappa shape index (κ1) is 34.6. The van der Waals surface area contributed by atoms with Gasteiger partial charge in [-0.25, -0.2) is 4.39 Å². The first-order valence-corrected chi connectivity index (χ1v) is 18.3. The monoisotopic (exact) mass is 715 g/mol. The minimum atomic E-state index is -0.356. The molecule has 4 N–H and O–H groups in total. The van der Waals surface area contributed by atoms with Crippen molar-refractivity contribution < 1.29 is 18.7 Å². The van der Waals surface area contributed by atoms with Gasteiger partial charge in [-0.05, 0) is 98.5 Å². The second-order valence-corrected chi connectivity index (χ2v) is 14.9. The molecule has 11 heteroatoms. The summed E-state index contributed by atoms with van der Waals surface area (Å²) in [6.07, 6.45) is 7.92. The summed E-state index contributed by atoms with van der Waals surface area (Å²) in [7, 11) is 0. The van der Waals surface area contributed by atoms with Crippen LogP contribution in [0.5, 0.6) is 0 Å². The number of carbonyl (C=O) groups excluding carboxylic acids is 2. The van der Waals surface area contributed by atoms with Crippen LogP contribution < -0.4 is 16.4 Å². The number of nitrogens with one attached hydrogen (secondary N) is 2. The van der Waals surface area contributed by atoms with Crippen molar-refractivity contribution in [3.05, 3.63) is 94.4 Å². The standard InChI is InChI=1S/C39H43ClFN5O3S/c40-34-28(6-9-32-33(26-2-1-3-27(20-26)36(42)50)24-46(35(32)34)31-10-18-49-19-11-31)23-44-38(48)29-21-39(22-29)12-15-45(16-13-39)17-14-43-37(47)25-4-7-30(41)8-5-25/h1-9,20,24,29,31H,10-19,21-23H2,(H2,42,50)(H,43,47)(H,44,48). The van der Waals surface area contributed by atoms with Crippen LogP contribution in [0.2, 0.25) is 5.02 Å². The van der Waals surface area contributed by atoms with Gasteiger partial charge in [-0.2, -0.15) is 0 Å². The molecule has 7 rings (SSSR count). The van der Waals surface area contributed by atoms with Crippen molar-refractivity contribution in [2.45, 2.75) is 51.1 Å². The van der Waals surface area contributed by atoms with E-state index in [1.54, 1.807) is 0 Å². The van der Waals surface area contributed by atoms with Gasteiger partial charge in [0.2, 0.25) is 5.91 Å². The van der Waals surface area contributed by atoms with Gasteiger partial charge in [0.05, 0.1) is 10.5 Å². The molecule has 3 heterocycles. The Morgan fingerprint density at radius 2 is 1.74 bits per heavy atom. The molecular weight excluding hydrogens is 673 g/mol. The van der Waals surface area contributed by atoms with Crippen LogP contribution in [0.25, 0.3) is 22.0 Å². The van der Waals surface area contributed by atoms with Crippen LogP contribution in [-0.4, -0.2) is 65.7 Å². The number of halogens is 2. The van der Waals surface area contributed by atoms with Gasteiger partial charge in [0, 0.05) is 73.1 Å². The Hall–Kier alpha value is -3.83. The summed E-state index contributed by atoms with van der Waals surface area (Å²) in [4.78, 5) is 28.4. The molecule has 0 radical (unpaired) electrons. The lowest BCUT2D eigenvalue weighted by atomic mass is 9.57. The van der Waals surface area contributed by atoms with Crippen LogP contribution in [0, 0.1) is 17.2 Å². The number of aromatic nitrogens is 1. The van der Waals surface area contributed by atoms with Crippen LogP contribution >= 0.6 is 23.8 Å². The second kappa shape index (κ2) is 14.8. The molecule has 262 valence electrons. The number of piperidine rings is 1. The fourth-order valence-electron chi connectivity index (χ4n) is 7.99. The van der Waals surface area contributed by atoms with Crippen LogP contribution in [0.15, 0.2) is 66.9 Å². The number of fused-ring (bicyclic) bond motifs is 1. The molecule has 0 unspecified atom stereocenters. The zero-order chi connectivity index (χ0) is 34.8. The Morgan fingerprint density at radius 1 is 1.00 bits per heavy atom. The molecule has 8 nitrogen and oxygen atoms in total. The largest absolute Gasteiger partial charge is 0.389 e. The highest BCUT2D eigenvalue weighted by atomic mass is 35.5. The summed E-state index contributed by atoms with van der Waals surface area (Å²) in [6, 6.07) is 18.0. The fraction of sp³-hybridized carbons (Fsp3) is 0.410. The zero-order valence-electron chi connectivity index (χ0n) is 28.1. The Morgan fingerprint density at radius 3 is 2.46 bits per heavy atom. The highest BCUT2D eigenvalue weighted by Crippen LogP contribution is 2.52. The molecule has 1 saturated carbocycles. The summed E-state index contributed by atoms with van der Waals surface area (Å²) < 4.78 is 21.1. The van der Waals surface area contributed by atoms with Crippen LogP contribution in [0.4, 0.5) is 4.39 Å². The molecule has 1 aromatic heterocycles. The molecule has 1 aliphatic carbocycles. The van der Waals surface area contributed by atoms with Crippen molar-refractivity contribution in [2.24, 2.45) is 17.1 Å². The van der Waals surface area contributed by atoms with Crippen molar-refractivity contribution in [1.29, 1.82) is 0 Å². The fourth-order valence-corrected chi connectivity index (χ4v) is 8.45. The minimum Gasteiger partial charge on any atom is -0.389 e. The molecule has 0 atom stereocenters. The molecule has 2 aliphatic heterocycles. The third-order valence-electron chi connectivity index (χ3n) is 11.0. The number of benzene rings is 3. The van der Waals surface area contributed by atoms with E-state index in [-0.39, 0.29) is 35.0 Å². The first-order valence-electron chi connectivity index (χ1n) is 17.5. The van der Waals surface area contributed by atoms with Crippen molar-refractivity contribution in [3.63, 3.8) is 0 Å². The molecule has 3 aliphatic rings. The van der Waals surface area contributed by atoms with E-state index in [0.29, 0.717) is 41.9 Å². The van der Waals surface area contributed by atoms with E-state index in [4.69, 9.17) is 34.3 Å². The van der Waals surface area contributed by atoms with Gasteiger partial charge < -0.3 is 30.6 Å².